The number of hydrazine groups is 1. The van der Waals surface area contributed by atoms with Crippen molar-refractivity contribution in [2.75, 3.05) is 0 Å². The van der Waals surface area contributed by atoms with E-state index >= 15 is 0 Å². The lowest BCUT2D eigenvalue weighted by Gasteiger charge is -2.16. The zero-order chi connectivity index (χ0) is 19.4. The number of carbonyl (C=O) groups excluding carboxylic acids is 1. The molecule has 0 saturated heterocycles. The van der Waals surface area contributed by atoms with Crippen LogP contribution >= 0.6 is 0 Å². The third-order valence-corrected chi connectivity index (χ3v) is 5.12. The fraction of sp³-hybridized carbons (Fsp3) is 0.105. The number of amides is 1. The Balaban J connectivity index is 1.64. The van der Waals surface area contributed by atoms with Gasteiger partial charge in [-0.1, -0.05) is 42.5 Å². The summed E-state index contributed by atoms with van der Waals surface area (Å²) in [5.74, 6) is -1.17. The summed E-state index contributed by atoms with van der Waals surface area (Å²) in [4.78, 5) is 13.4. The molecule has 6 nitrogen and oxygen atoms in total. The number of fused-ring (bicyclic) bond motifs is 1. The normalized spacial score (nSPS) is 12.5. The zero-order valence-corrected chi connectivity index (χ0v) is 15.2. The van der Waals surface area contributed by atoms with Crippen LogP contribution in [0.25, 0.3) is 10.8 Å². The second-order valence-electron chi connectivity index (χ2n) is 5.79. The van der Waals surface area contributed by atoms with Crippen molar-refractivity contribution in [3.63, 3.8) is 0 Å². The van der Waals surface area contributed by atoms with Gasteiger partial charge in [-0.2, -0.15) is 0 Å². The quantitative estimate of drug-likeness (QED) is 0.636. The summed E-state index contributed by atoms with van der Waals surface area (Å²) in [5.41, 5.74) is 2.04. The number of nitrogens with one attached hydrogen (secondary N) is 2. The van der Waals surface area contributed by atoms with E-state index in [0.29, 0.717) is 5.75 Å². The monoisotopic (exact) mass is 388 g/mol. The highest BCUT2D eigenvalue weighted by atomic mass is 32.2. The van der Waals surface area contributed by atoms with E-state index in [1.54, 1.807) is 12.1 Å². The van der Waals surface area contributed by atoms with Gasteiger partial charge in [0.15, 0.2) is 6.10 Å². The average Bonchev–Trinajstić information content (AvgIpc) is 2.66. The van der Waals surface area contributed by atoms with Gasteiger partial charge in [-0.25, -0.2) is 12.8 Å². The maximum atomic E-state index is 13.6. The van der Waals surface area contributed by atoms with Gasteiger partial charge in [0, 0.05) is 0 Å². The van der Waals surface area contributed by atoms with Crippen LogP contribution in [0.3, 0.4) is 0 Å². The van der Waals surface area contributed by atoms with Crippen LogP contribution in [0.4, 0.5) is 4.39 Å². The van der Waals surface area contributed by atoms with Crippen LogP contribution < -0.4 is 15.0 Å². The van der Waals surface area contributed by atoms with Gasteiger partial charge in [-0.05, 0) is 42.0 Å². The van der Waals surface area contributed by atoms with E-state index in [-0.39, 0.29) is 0 Å². The van der Waals surface area contributed by atoms with Crippen molar-refractivity contribution >= 4 is 26.7 Å². The summed E-state index contributed by atoms with van der Waals surface area (Å²) in [7, 11) is -4.23. The third-order valence-electron chi connectivity index (χ3n) is 3.84. The summed E-state index contributed by atoms with van der Waals surface area (Å²) in [6.07, 6.45) is -0.977. The van der Waals surface area contributed by atoms with Crippen molar-refractivity contribution in [1.82, 2.24) is 10.3 Å². The maximum absolute atomic E-state index is 13.6. The molecule has 2 N–H and O–H groups in total. The van der Waals surface area contributed by atoms with Crippen LogP contribution in [0, 0.1) is 5.82 Å². The van der Waals surface area contributed by atoms with Crippen molar-refractivity contribution < 1.29 is 22.3 Å². The number of benzene rings is 3. The first-order valence-electron chi connectivity index (χ1n) is 8.08. The molecule has 140 valence electrons. The number of rotatable bonds is 6. The largest absolute Gasteiger partial charge is 0.481 e. The SMILES string of the molecule is C[C@@H](Oc1ccc2ccccc2c1)C(=O)NNS(=O)(=O)c1ccccc1F. The molecule has 0 fully saturated rings. The highest BCUT2D eigenvalue weighted by Crippen LogP contribution is 2.21. The Labute approximate surface area is 156 Å². The van der Waals surface area contributed by atoms with Gasteiger partial charge in [0.2, 0.25) is 0 Å². The Kier molecular flexibility index (Phi) is 5.38. The summed E-state index contributed by atoms with van der Waals surface area (Å²) in [6.45, 7) is 1.47. The molecule has 0 heterocycles. The minimum Gasteiger partial charge on any atom is -0.481 e. The molecule has 27 heavy (non-hydrogen) atoms. The van der Waals surface area contributed by atoms with Gasteiger partial charge in [-0.3, -0.25) is 10.2 Å². The second-order valence-corrected chi connectivity index (χ2v) is 7.45. The van der Waals surface area contributed by atoms with Crippen molar-refractivity contribution in [3.05, 3.63) is 72.5 Å². The average molecular weight is 388 g/mol. The first-order chi connectivity index (χ1) is 12.9. The Morgan fingerprint density at radius 1 is 1.00 bits per heavy atom. The molecule has 8 heteroatoms. The molecule has 0 radical (unpaired) electrons. The minimum atomic E-state index is -4.23. The van der Waals surface area contributed by atoms with Gasteiger partial charge in [0.05, 0.1) is 0 Å². The standard InChI is InChI=1S/C19H17FN2O4S/c1-13(26-16-11-10-14-6-2-3-7-15(14)12-16)19(23)21-22-27(24,25)18-9-5-4-8-17(18)20/h2-13,22H,1H3,(H,21,23)/t13-/m1/s1. The molecular formula is C19H17FN2O4S. The summed E-state index contributed by atoms with van der Waals surface area (Å²) in [5, 5.41) is 1.97. The number of hydrogen-bond acceptors (Lipinski definition) is 4. The Morgan fingerprint density at radius 2 is 1.67 bits per heavy atom. The molecule has 0 spiro atoms. The molecule has 0 aliphatic carbocycles. The highest BCUT2D eigenvalue weighted by Gasteiger charge is 2.21. The smallest absolute Gasteiger partial charge is 0.275 e. The van der Waals surface area contributed by atoms with E-state index in [4.69, 9.17) is 4.74 Å². The van der Waals surface area contributed by atoms with Crippen LogP contribution in [-0.4, -0.2) is 20.4 Å². The molecule has 0 aliphatic rings. The maximum Gasteiger partial charge on any atom is 0.275 e. The number of hydrogen-bond donors (Lipinski definition) is 2. The van der Waals surface area contributed by atoms with Crippen LogP contribution in [0.2, 0.25) is 0 Å². The molecule has 1 atom stereocenters. The van der Waals surface area contributed by atoms with Crippen LogP contribution in [0.15, 0.2) is 71.6 Å². The van der Waals surface area contributed by atoms with Gasteiger partial charge in [0.1, 0.15) is 16.5 Å². The lowest BCUT2D eigenvalue weighted by atomic mass is 10.1. The Morgan fingerprint density at radius 3 is 2.41 bits per heavy atom. The molecular weight excluding hydrogens is 371 g/mol. The second kappa shape index (κ2) is 7.73. The van der Waals surface area contributed by atoms with Crippen molar-refractivity contribution in [3.8, 4) is 5.75 Å². The predicted octanol–water partition coefficient (Wildman–Crippen LogP) is 2.76. The molecule has 3 aromatic rings. The first kappa shape index (κ1) is 18.8. The van der Waals surface area contributed by atoms with Gasteiger partial charge in [0.25, 0.3) is 15.9 Å². The third kappa shape index (κ3) is 4.42. The molecule has 0 aliphatic heterocycles. The highest BCUT2D eigenvalue weighted by molar-refractivity contribution is 7.89. The molecule has 3 rings (SSSR count). The fourth-order valence-corrected chi connectivity index (χ4v) is 3.36. The van der Waals surface area contributed by atoms with E-state index in [1.165, 1.54) is 19.1 Å². The van der Waals surface area contributed by atoms with E-state index in [2.05, 4.69) is 0 Å². The molecule has 0 bridgehead atoms. The number of ether oxygens (including phenoxy) is 1. The number of halogens is 1. The van der Waals surface area contributed by atoms with E-state index in [1.807, 2.05) is 40.6 Å². The van der Waals surface area contributed by atoms with Crippen LogP contribution in [0.5, 0.6) is 5.75 Å². The molecule has 0 saturated carbocycles. The topological polar surface area (TPSA) is 84.5 Å². The zero-order valence-electron chi connectivity index (χ0n) is 14.3. The van der Waals surface area contributed by atoms with Crippen molar-refractivity contribution in [2.45, 2.75) is 17.9 Å². The van der Waals surface area contributed by atoms with E-state index in [0.717, 1.165) is 22.9 Å². The van der Waals surface area contributed by atoms with Gasteiger partial charge < -0.3 is 4.74 Å². The molecule has 0 unspecified atom stereocenters. The Hall–Kier alpha value is -2.97. The summed E-state index contributed by atoms with van der Waals surface area (Å²) < 4.78 is 43.3. The number of carbonyl (C=O) groups is 1. The minimum absolute atomic E-state index is 0.466. The van der Waals surface area contributed by atoms with Crippen LogP contribution in [0.1, 0.15) is 6.92 Å². The lowest BCUT2D eigenvalue weighted by Crippen LogP contribution is -2.47. The van der Waals surface area contributed by atoms with Crippen molar-refractivity contribution in [2.24, 2.45) is 0 Å². The van der Waals surface area contributed by atoms with E-state index < -0.39 is 32.7 Å². The summed E-state index contributed by atoms with van der Waals surface area (Å²) in [6, 6.07) is 17.9. The Bertz CT molecular complexity index is 1090. The molecule has 1 amide bonds. The fourth-order valence-electron chi connectivity index (χ4n) is 2.44. The number of sulfonamides is 1. The summed E-state index contributed by atoms with van der Waals surface area (Å²) >= 11 is 0. The van der Waals surface area contributed by atoms with Crippen molar-refractivity contribution in [1.29, 1.82) is 0 Å². The predicted molar refractivity (Wildman–Crippen MR) is 98.9 cm³/mol. The van der Waals surface area contributed by atoms with Crippen LogP contribution in [-0.2, 0) is 14.8 Å². The first-order valence-corrected chi connectivity index (χ1v) is 9.57. The molecule has 3 aromatic carbocycles. The van der Waals surface area contributed by atoms with Gasteiger partial charge in [-0.15, -0.1) is 4.83 Å². The lowest BCUT2D eigenvalue weighted by molar-refractivity contribution is -0.127. The van der Waals surface area contributed by atoms with Gasteiger partial charge >= 0.3 is 0 Å². The molecule has 0 aromatic heterocycles. The van der Waals surface area contributed by atoms with E-state index in [9.17, 15) is 17.6 Å².